The zero-order chi connectivity index (χ0) is 31.6. The molecule has 1 aliphatic carbocycles. The third-order valence-corrected chi connectivity index (χ3v) is 8.96. The minimum atomic E-state index is -0.938. The molecule has 0 radical (unpaired) electrons. The van der Waals surface area contributed by atoms with Crippen molar-refractivity contribution >= 4 is 5.97 Å². The summed E-state index contributed by atoms with van der Waals surface area (Å²) >= 11 is 0. The molecule has 4 aromatic carbocycles. The van der Waals surface area contributed by atoms with Gasteiger partial charge in [-0.2, -0.15) is 0 Å². The summed E-state index contributed by atoms with van der Waals surface area (Å²) in [7, 11) is 2.21. The molecule has 236 valence electrons. The lowest BCUT2D eigenvalue weighted by Crippen LogP contribution is -2.30. The van der Waals surface area contributed by atoms with E-state index in [1.807, 2.05) is 31.2 Å². The highest BCUT2D eigenvalue weighted by molar-refractivity contribution is 5.72. The molecule has 5 nitrogen and oxygen atoms in total. The number of aryl methyl sites for hydroxylation is 4. The van der Waals surface area contributed by atoms with Crippen molar-refractivity contribution in [1.29, 1.82) is 0 Å². The average molecular weight is 606 g/mol. The van der Waals surface area contributed by atoms with Crippen molar-refractivity contribution in [2.45, 2.75) is 70.9 Å². The number of hydrogen-bond acceptors (Lipinski definition) is 4. The van der Waals surface area contributed by atoms with Crippen molar-refractivity contribution < 1.29 is 19.4 Å². The molecular formula is C40H47NO4. The minimum absolute atomic E-state index is 0.155. The van der Waals surface area contributed by atoms with E-state index in [0.717, 1.165) is 56.4 Å². The summed E-state index contributed by atoms with van der Waals surface area (Å²) in [5.74, 6) is -0.156. The maximum atomic E-state index is 11.5. The second kappa shape index (κ2) is 15.9. The van der Waals surface area contributed by atoms with Crippen LogP contribution in [0.4, 0.5) is 0 Å². The van der Waals surface area contributed by atoms with E-state index in [-0.39, 0.29) is 6.04 Å². The van der Waals surface area contributed by atoms with Crippen LogP contribution in [0.5, 0.6) is 5.75 Å². The maximum absolute atomic E-state index is 11.5. The molecule has 0 bridgehead atoms. The average Bonchev–Trinajstić information content (AvgIpc) is 3.22. The molecule has 0 spiro atoms. The smallest absolute Gasteiger partial charge is 0.333 e. The molecule has 2 unspecified atom stereocenters. The second-order valence-electron chi connectivity index (χ2n) is 12.1. The van der Waals surface area contributed by atoms with Crippen LogP contribution in [-0.2, 0) is 48.1 Å². The van der Waals surface area contributed by atoms with Gasteiger partial charge in [-0.1, -0.05) is 92.2 Å². The van der Waals surface area contributed by atoms with Gasteiger partial charge in [0.15, 0.2) is 6.10 Å². The van der Waals surface area contributed by atoms with Gasteiger partial charge in [0, 0.05) is 19.6 Å². The Balaban J connectivity index is 1.33. The van der Waals surface area contributed by atoms with E-state index in [0.29, 0.717) is 19.6 Å². The van der Waals surface area contributed by atoms with Crippen LogP contribution in [-0.4, -0.2) is 48.9 Å². The molecule has 0 saturated carbocycles. The van der Waals surface area contributed by atoms with Gasteiger partial charge in [-0.25, -0.2) is 4.79 Å². The van der Waals surface area contributed by atoms with Gasteiger partial charge < -0.3 is 14.6 Å². The van der Waals surface area contributed by atoms with Gasteiger partial charge in [0.25, 0.3) is 0 Å². The Labute approximate surface area is 268 Å². The Bertz CT molecular complexity index is 1530. The first-order chi connectivity index (χ1) is 22.0. The number of benzene rings is 4. The molecule has 1 aliphatic rings. The Morgan fingerprint density at radius 1 is 0.844 bits per heavy atom. The van der Waals surface area contributed by atoms with Gasteiger partial charge in [-0.05, 0) is 103 Å². The van der Waals surface area contributed by atoms with Crippen LogP contribution in [0.1, 0.15) is 70.8 Å². The number of nitrogens with zero attached hydrogens (tertiary/aromatic N) is 1. The fourth-order valence-corrected chi connectivity index (χ4v) is 6.65. The number of ether oxygens (including phenoxy) is 2. The van der Waals surface area contributed by atoms with Gasteiger partial charge in [0.1, 0.15) is 12.4 Å². The first kappa shape index (κ1) is 32.5. The van der Waals surface area contributed by atoms with Crippen molar-refractivity contribution in [2.75, 3.05) is 26.8 Å². The molecule has 0 aliphatic heterocycles. The van der Waals surface area contributed by atoms with Crippen molar-refractivity contribution in [3.8, 4) is 5.75 Å². The van der Waals surface area contributed by atoms with Crippen LogP contribution in [0.15, 0.2) is 91.0 Å². The number of rotatable bonds is 15. The Kier molecular flexibility index (Phi) is 11.5. The van der Waals surface area contributed by atoms with Gasteiger partial charge in [-0.3, -0.25) is 4.90 Å². The molecule has 2 atom stereocenters. The van der Waals surface area contributed by atoms with Gasteiger partial charge >= 0.3 is 5.97 Å². The highest BCUT2D eigenvalue weighted by Crippen LogP contribution is 2.38. The van der Waals surface area contributed by atoms with Crippen LogP contribution < -0.4 is 4.74 Å². The Morgan fingerprint density at radius 3 is 2.36 bits per heavy atom. The molecule has 0 heterocycles. The molecule has 1 N–H and O–H groups in total. The van der Waals surface area contributed by atoms with Gasteiger partial charge in [0.05, 0.1) is 6.04 Å². The largest absolute Gasteiger partial charge is 0.492 e. The first-order valence-electron chi connectivity index (χ1n) is 16.5. The van der Waals surface area contributed by atoms with E-state index in [1.54, 1.807) is 0 Å². The molecule has 0 amide bonds. The lowest BCUT2D eigenvalue weighted by atomic mass is 9.89. The third kappa shape index (κ3) is 8.42. The lowest BCUT2D eigenvalue weighted by molar-refractivity contribution is -0.149. The quantitative estimate of drug-likeness (QED) is 0.151. The van der Waals surface area contributed by atoms with E-state index in [9.17, 15) is 9.90 Å². The fourth-order valence-electron chi connectivity index (χ4n) is 6.65. The molecule has 45 heavy (non-hydrogen) atoms. The number of carbonyl (C=O) groups is 1. The second-order valence-corrected chi connectivity index (χ2v) is 12.1. The van der Waals surface area contributed by atoms with Crippen LogP contribution >= 0.6 is 0 Å². The summed E-state index contributed by atoms with van der Waals surface area (Å²) in [6.07, 6.45) is 5.95. The number of carboxylic acid groups (broad SMARTS) is 1. The van der Waals surface area contributed by atoms with Crippen molar-refractivity contribution in [3.05, 3.63) is 136 Å². The number of aliphatic carboxylic acids is 1. The molecule has 0 saturated heterocycles. The normalized spacial score (nSPS) is 14.8. The molecule has 4 aromatic rings. The summed E-state index contributed by atoms with van der Waals surface area (Å²) in [5.41, 5.74) is 11.0. The zero-order valence-corrected chi connectivity index (χ0v) is 27.0. The van der Waals surface area contributed by atoms with Gasteiger partial charge in [0.2, 0.25) is 0 Å². The number of fused-ring (bicyclic) bond motifs is 2. The Morgan fingerprint density at radius 2 is 1.62 bits per heavy atom. The van der Waals surface area contributed by atoms with Crippen LogP contribution in [0.3, 0.4) is 0 Å². The summed E-state index contributed by atoms with van der Waals surface area (Å²) in [6, 6.07) is 32.7. The monoisotopic (exact) mass is 605 g/mol. The highest BCUT2D eigenvalue weighted by atomic mass is 16.5. The predicted octanol–water partition coefficient (Wildman–Crippen LogP) is 7.66. The standard InChI is InChI=1S/C40H47NO4/c1-4-10-30-18-23-36-33(27-30)20-24-35-32(19-15-29-11-7-6-8-12-29)13-9-14-37(35)39(36)41(3)25-26-45-34-21-16-31(17-22-34)28-38(40(42)43)44-5-2/h6-9,11-14,16-18,21-23,27,38-39H,4-5,10,15,19-20,24-26,28H2,1-3H3,(H,42,43). The molecule has 0 aromatic heterocycles. The van der Waals surface area contributed by atoms with Crippen LogP contribution in [0.25, 0.3) is 0 Å². The summed E-state index contributed by atoms with van der Waals surface area (Å²) < 4.78 is 11.6. The molecular weight excluding hydrogens is 558 g/mol. The molecule has 5 heteroatoms. The third-order valence-electron chi connectivity index (χ3n) is 8.96. The maximum Gasteiger partial charge on any atom is 0.333 e. The van der Waals surface area contributed by atoms with Crippen LogP contribution in [0.2, 0.25) is 0 Å². The van der Waals surface area contributed by atoms with E-state index in [2.05, 4.69) is 85.6 Å². The minimum Gasteiger partial charge on any atom is -0.492 e. The SMILES string of the molecule is CCCc1ccc2c(c1)CCc1c(CCc3ccccc3)cccc1C2N(C)CCOc1ccc(CC(OCC)C(=O)O)cc1. The Hall–Kier alpha value is -3.93. The number of carboxylic acids is 1. The van der Waals surface area contributed by atoms with Crippen molar-refractivity contribution in [1.82, 2.24) is 4.90 Å². The van der Waals surface area contributed by atoms with Crippen molar-refractivity contribution in [3.63, 3.8) is 0 Å². The van der Waals surface area contributed by atoms with Crippen LogP contribution in [0, 0.1) is 0 Å². The van der Waals surface area contributed by atoms with E-state index in [1.165, 1.54) is 38.9 Å². The fraction of sp³-hybridized carbons (Fsp3) is 0.375. The zero-order valence-electron chi connectivity index (χ0n) is 27.0. The topological polar surface area (TPSA) is 59.0 Å². The van der Waals surface area contributed by atoms with E-state index >= 15 is 0 Å². The summed E-state index contributed by atoms with van der Waals surface area (Å²) in [6.45, 7) is 5.75. The van der Waals surface area contributed by atoms with E-state index < -0.39 is 12.1 Å². The summed E-state index contributed by atoms with van der Waals surface area (Å²) in [5, 5.41) is 9.41. The summed E-state index contributed by atoms with van der Waals surface area (Å²) in [4.78, 5) is 13.9. The molecule has 5 rings (SSSR count). The molecule has 0 fully saturated rings. The number of likely N-dealkylation sites (N-methyl/N-ethyl adjacent to an activating group) is 1. The number of hydrogen-bond donors (Lipinski definition) is 1. The predicted molar refractivity (Wildman–Crippen MR) is 181 cm³/mol. The first-order valence-corrected chi connectivity index (χ1v) is 16.5. The highest BCUT2D eigenvalue weighted by Gasteiger charge is 2.28. The lowest BCUT2D eigenvalue weighted by Gasteiger charge is -2.31. The van der Waals surface area contributed by atoms with E-state index in [4.69, 9.17) is 9.47 Å². The van der Waals surface area contributed by atoms with Gasteiger partial charge in [-0.15, -0.1) is 0 Å². The van der Waals surface area contributed by atoms with Crippen molar-refractivity contribution in [2.24, 2.45) is 0 Å².